The average molecular weight is 266 g/mol. The molecule has 4 heteroatoms. The summed E-state index contributed by atoms with van der Waals surface area (Å²) in [6.07, 6.45) is 5.29. The summed E-state index contributed by atoms with van der Waals surface area (Å²) >= 11 is 0. The lowest BCUT2D eigenvalue weighted by atomic mass is 9.81. The molecule has 0 spiro atoms. The second-order valence-electron chi connectivity index (χ2n) is 6.00. The quantitative estimate of drug-likeness (QED) is 0.774. The van der Waals surface area contributed by atoms with Gasteiger partial charge in [-0.25, -0.2) is 0 Å². The van der Waals surface area contributed by atoms with Crippen molar-refractivity contribution in [2.75, 3.05) is 19.6 Å². The van der Waals surface area contributed by atoms with E-state index in [1.165, 1.54) is 17.7 Å². The Morgan fingerprint density at radius 1 is 1.21 bits per heavy atom. The Morgan fingerprint density at radius 3 is 2.37 bits per heavy atom. The number of hydrogen-bond acceptors (Lipinski definition) is 3. The van der Waals surface area contributed by atoms with Gasteiger partial charge in [-0.3, -0.25) is 14.5 Å². The second-order valence-corrected chi connectivity index (χ2v) is 6.00. The van der Waals surface area contributed by atoms with Gasteiger partial charge in [-0.1, -0.05) is 13.8 Å². The minimum Gasteiger partial charge on any atom is -0.317 e. The van der Waals surface area contributed by atoms with Crippen molar-refractivity contribution in [3.8, 4) is 0 Å². The largest absolute Gasteiger partial charge is 0.317 e. The van der Waals surface area contributed by atoms with E-state index in [1.54, 1.807) is 0 Å². The molecule has 0 aromatic rings. The molecular formula is C15H26N2O2. The highest BCUT2D eigenvalue weighted by atomic mass is 16.2. The first-order valence-electron chi connectivity index (χ1n) is 7.68. The highest BCUT2D eigenvalue weighted by molar-refractivity contribution is 6.05. The monoisotopic (exact) mass is 266 g/mol. The van der Waals surface area contributed by atoms with Crippen molar-refractivity contribution in [1.82, 2.24) is 10.2 Å². The summed E-state index contributed by atoms with van der Waals surface area (Å²) in [7, 11) is 0. The van der Waals surface area contributed by atoms with Crippen LogP contribution >= 0.6 is 0 Å². The molecule has 0 aromatic heterocycles. The highest BCUT2D eigenvalue weighted by Gasteiger charge is 2.48. The van der Waals surface area contributed by atoms with E-state index in [9.17, 15) is 9.59 Å². The number of carbonyl (C=O) groups is 2. The van der Waals surface area contributed by atoms with Crippen LogP contribution in [-0.2, 0) is 9.59 Å². The lowest BCUT2D eigenvalue weighted by molar-refractivity contribution is -0.141. The number of hydrogen-bond donors (Lipinski definition) is 1. The van der Waals surface area contributed by atoms with Gasteiger partial charge in [0.15, 0.2) is 0 Å². The molecule has 0 aromatic carbocycles. The highest BCUT2D eigenvalue weighted by Crippen LogP contribution is 2.39. The number of rotatable bonds is 5. The minimum absolute atomic E-state index is 0.0441. The van der Waals surface area contributed by atoms with E-state index in [1.807, 2.05) is 13.8 Å². The molecule has 0 radical (unpaired) electrons. The summed E-state index contributed by atoms with van der Waals surface area (Å²) < 4.78 is 0. The van der Waals surface area contributed by atoms with Crippen LogP contribution in [0.15, 0.2) is 0 Å². The van der Waals surface area contributed by atoms with E-state index in [0.29, 0.717) is 18.9 Å². The molecule has 0 atom stereocenters. The van der Waals surface area contributed by atoms with Crippen LogP contribution < -0.4 is 5.32 Å². The van der Waals surface area contributed by atoms with Gasteiger partial charge in [0.05, 0.1) is 5.41 Å². The van der Waals surface area contributed by atoms with Crippen molar-refractivity contribution in [3.63, 3.8) is 0 Å². The minimum atomic E-state index is -0.398. The van der Waals surface area contributed by atoms with Gasteiger partial charge in [-0.15, -0.1) is 0 Å². The van der Waals surface area contributed by atoms with E-state index in [0.717, 1.165) is 32.4 Å². The second kappa shape index (κ2) is 6.04. The van der Waals surface area contributed by atoms with E-state index >= 15 is 0 Å². The predicted octanol–water partition coefficient (Wildman–Crippen LogP) is 1.94. The Hall–Kier alpha value is -0.900. The molecule has 4 nitrogen and oxygen atoms in total. The molecule has 2 heterocycles. The van der Waals surface area contributed by atoms with Crippen LogP contribution in [0.5, 0.6) is 0 Å². The van der Waals surface area contributed by atoms with E-state index < -0.39 is 5.41 Å². The molecule has 0 aliphatic carbocycles. The van der Waals surface area contributed by atoms with Crippen LogP contribution in [-0.4, -0.2) is 36.3 Å². The molecule has 2 aliphatic rings. The van der Waals surface area contributed by atoms with Gasteiger partial charge < -0.3 is 5.32 Å². The molecule has 2 fully saturated rings. The van der Waals surface area contributed by atoms with Crippen LogP contribution in [0.4, 0.5) is 0 Å². The molecule has 2 aliphatic heterocycles. The average Bonchev–Trinajstić information content (AvgIpc) is 2.69. The first-order chi connectivity index (χ1) is 9.13. The number of nitrogens with zero attached hydrogens (tertiary/aromatic N) is 1. The molecule has 0 saturated carbocycles. The fourth-order valence-corrected chi connectivity index (χ4v) is 3.37. The number of amides is 2. The molecule has 2 saturated heterocycles. The van der Waals surface area contributed by atoms with Gasteiger partial charge in [0.25, 0.3) is 0 Å². The first-order valence-corrected chi connectivity index (χ1v) is 7.68. The third kappa shape index (κ3) is 2.83. The van der Waals surface area contributed by atoms with Gasteiger partial charge in [0, 0.05) is 13.0 Å². The number of likely N-dealkylation sites (tertiary alicyclic amines) is 1. The van der Waals surface area contributed by atoms with Crippen molar-refractivity contribution >= 4 is 11.8 Å². The summed E-state index contributed by atoms with van der Waals surface area (Å²) in [6.45, 7) is 6.81. The maximum absolute atomic E-state index is 12.5. The van der Waals surface area contributed by atoms with E-state index in [2.05, 4.69) is 5.32 Å². The summed E-state index contributed by atoms with van der Waals surface area (Å²) in [5.41, 5.74) is -0.398. The van der Waals surface area contributed by atoms with Gasteiger partial charge in [-0.2, -0.15) is 0 Å². The number of carbonyl (C=O) groups excluding carboxylic acids is 2. The SMILES string of the molecule is CCC1(CC)CC(=O)N(CCC2CCNCC2)C1=O. The van der Waals surface area contributed by atoms with Gasteiger partial charge in [0.2, 0.25) is 11.8 Å². The Morgan fingerprint density at radius 2 is 1.84 bits per heavy atom. The van der Waals surface area contributed by atoms with Crippen LogP contribution in [0.1, 0.15) is 52.4 Å². The van der Waals surface area contributed by atoms with Crippen molar-refractivity contribution in [2.24, 2.45) is 11.3 Å². The normalized spacial score (nSPS) is 24.2. The van der Waals surface area contributed by atoms with Gasteiger partial charge in [-0.05, 0) is 51.1 Å². The van der Waals surface area contributed by atoms with Crippen LogP contribution in [0.25, 0.3) is 0 Å². The third-order valence-corrected chi connectivity index (χ3v) is 5.06. The lowest BCUT2D eigenvalue weighted by Crippen LogP contribution is -2.37. The zero-order chi connectivity index (χ0) is 13.9. The van der Waals surface area contributed by atoms with Crippen molar-refractivity contribution < 1.29 is 9.59 Å². The van der Waals surface area contributed by atoms with Crippen molar-refractivity contribution in [2.45, 2.75) is 52.4 Å². The summed E-state index contributed by atoms with van der Waals surface area (Å²) in [4.78, 5) is 26.1. The Labute approximate surface area is 115 Å². The molecule has 2 rings (SSSR count). The Kier molecular flexibility index (Phi) is 4.61. The molecule has 19 heavy (non-hydrogen) atoms. The predicted molar refractivity (Wildman–Crippen MR) is 74.6 cm³/mol. The fraction of sp³-hybridized carbons (Fsp3) is 0.867. The third-order valence-electron chi connectivity index (χ3n) is 5.06. The first kappa shape index (κ1) is 14.5. The van der Waals surface area contributed by atoms with E-state index in [-0.39, 0.29) is 11.8 Å². The molecule has 108 valence electrons. The molecular weight excluding hydrogens is 240 g/mol. The van der Waals surface area contributed by atoms with Crippen LogP contribution in [0, 0.1) is 11.3 Å². The Balaban J connectivity index is 1.93. The lowest BCUT2D eigenvalue weighted by Gasteiger charge is -2.26. The van der Waals surface area contributed by atoms with Crippen LogP contribution in [0.3, 0.4) is 0 Å². The van der Waals surface area contributed by atoms with Crippen LogP contribution in [0.2, 0.25) is 0 Å². The Bertz CT molecular complexity index is 344. The van der Waals surface area contributed by atoms with Crippen molar-refractivity contribution in [1.29, 1.82) is 0 Å². The van der Waals surface area contributed by atoms with Gasteiger partial charge >= 0.3 is 0 Å². The summed E-state index contributed by atoms with van der Waals surface area (Å²) in [5.74, 6) is 0.791. The summed E-state index contributed by atoms with van der Waals surface area (Å²) in [5, 5.41) is 3.34. The zero-order valence-electron chi connectivity index (χ0n) is 12.2. The standard InChI is InChI=1S/C15H26N2O2/c1-3-15(4-2)11-13(18)17(14(15)19)10-7-12-5-8-16-9-6-12/h12,16H,3-11H2,1-2H3. The smallest absolute Gasteiger partial charge is 0.235 e. The maximum atomic E-state index is 12.5. The maximum Gasteiger partial charge on any atom is 0.235 e. The number of piperidine rings is 1. The number of nitrogens with one attached hydrogen (secondary N) is 1. The van der Waals surface area contributed by atoms with Gasteiger partial charge in [0.1, 0.15) is 0 Å². The van der Waals surface area contributed by atoms with E-state index in [4.69, 9.17) is 0 Å². The molecule has 2 amide bonds. The fourth-order valence-electron chi connectivity index (χ4n) is 3.37. The van der Waals surface area contributed by atoms with Crippen molar-refractivity contribution in [3.05, 3.63) is 0 Å². The molecule has 1 N–H and O–H groups in total. The zero-order valence-corrected chi connectivity index (χ0v) is 12.2. The molecule has 0 bridgehead atoms. The number of imide groups is 1. The topological polar surface area (TPSA) is 49.4 Å². The molecule has 0 unspecified atom stereocenters. The summed E-state index contributed by atoms with van der Waals surface area (Å²) in [6, 6.07) is 0.